The van der Waals surface area contributed by atoms with Crippen LogP contribution in [0.4, 0.5) is 11.4 Å². The van der Waals surface area contributed by atoms with Gasteiger partial charge in [-0.15, -0.1) is 0 Å². The molecule has 2 aromatic rings. The lowest BCUT2D eigenvalue weighted by Crippen LogP contribution is -2.24. The zero-order chi connectivity index (χ0) is 18.2. The topological polar surface area (TPSA) is 84.7 Å². The molecule has 0 spiro atoms. The number of ether oxygens (including phenoxy) is 1. The molecule has 132 valence electrons. The molecule has 0 radical (unpaired) electrons. The second-order valence-corrected chi connectivity index (χ2v) is 5.66. The predicted molar refractivity (Wildman–Crippen MR) is 95.7 cm³/mol. The molecule has 0 aliphatic rings. The molecule has 25 heavy (non-hydrogen) atoms. The molecular formula is C18H21N3O4. The number of rotatable bonds is 8. The normalized spacial score (nSPS) is 10.5. The van der Waals surface area contributed by atoms with Crippen LogP contribution >= 0.6 is 0 Å². The first kappa shape index (κ1) is 18.4. The largest absolute Gasteiger partial charge is 0.495 e. The average molecular weight is 343 g/mol. The first-order valence-electron chi connectivity index (χ1n) is 7.84. The Morgan fingerprint density at radius 2 is 1.96 bits per heavy atom. The summed E-state index contributed by atoms with van der Waals surface area (Å²) in [6, 6.07) is 14.1. The molecule has 0 aliphatic heterocycles. The van der Waals surface area contributed by atoms with Gasteiger partial charge in [0.05, 0.1) is 17.7 Å². The van der Waals surface area contributed by atoms with Crippen molar-refractivity contribution in [2.45, 2.75) is 13.0 Å². The monoisotopic (exact) mass is 343 g/mol. The lowest BCUT2D eigenvalue weighted by Gasteiger charge is -2.16. The summed E-state index contributed by atoms with van der Waals surface area (Å²) >= 11 is 0. The molecule has 0 unspecified atom stereocenters. The fraction of sp³-hybridized carbons (Fsp3) is 0.278. The number of nitro benzene ring substituents is 1. The Labute approximate surface area is 146 Å². The molecule has 1 N–H and O–H groups in total. The van der Waals surface area contributed by atoms with Gasteiger partial charge in [-0.2, -0.15) is 0 Å². The Kier molecular flexibility index (Phi) is 6.47. The van der Waals surface area contributed by atoms with Crippen molar-refractivity contribution in [2.75, 3.05) is 26.0 Å². The summed E-state index contributed by atoms with van der Waals surface area (Å²) in [6.45, 7) is 1.31. The van der Waals surface area contributed by atoms with Crippen LogP contribution in [0.5, 0.6) is 5.75 Å². The summed E-state index contributed by atoms with van der Waals surface area (Å²) in [5, 5.41) is 13.6. The lowest BCUT2D eigenvalue weighted by molar-refractivity contribution is -0.384. The van der Waals surface area contributed by atoms with E-state index in [4.69, 9.17) is 4.74 Å². The second-order valence-electron chi connectivity index (χ2n) is 5.66. The Morgan fingerprint density at radius 3 is 2.60 bits per heavy atom. The molecule has 0 aliphatic carbocycles. The molecule has 2 aromatic carbocycles. The summed E-state index contributed by atoms with van der Waals surface area (Å²) < 4.78 is 5.14. The Hall–Kier alpha value is -2.93. The minimum absolute atomic E-state index is 0.0997. The van der Waals surface area contributed by atoms with Crippen LogP contribution in [0, 0.1) is 10.1 Å². The van der Waals surface area contributed by atoms with Gasteiger partial charge in [0.1, 0.15) is 5.75 Å². The molecule has 1 amide bonds. The van der Waals surface area contributed by atoms with Crippen molar-refractivity contribution in [3.63, 3.8) is 0 Å². The van der Waals surface area contributed by atoms with Gasteiger partial charge in [-0.25, -0.2) is 0 Å². The van der Waals surface area contributed by atoms with E-state index in [1.807, 2.05) is 42.3 Å². The SMILES string of the molecule is COc1ccc([N+](=O)[O-])cc1NC(=O)CCN(C)Cc1ccccc1. The van der Waals surface area contributed by atoms with Crippen molar-refractivity contribution < 1.29 is 14.5 Å². The number of methoxy groups -OCH3 is 1. The van der Waals surface area contributed by atoms with E-state index in [0.717, 1.165) is 6.54 Å². The number of anilines is 1. The highest BCUT2D eigenvalue weighted by atomic mass is 16.6. The standard InChI is InChI=1S/C18H21N3O4/c1-20(13-14-6-4-3-5-7-14)11-10-18(22)19-16-12-15(21(23)24)8-9-17(16)25-2/h3-9,12H,10-11,13H2,1-2H3,(H,19,22). The number of nitro groups is 1. The van der Waals surface area contributed by atoms with Gasteiger partial charge in [0, 0.05) is 31.6 Å². The summed E-state index contributed by atoms with van der Waals surface area (Å²) in [5.41, 5.74) is 1.37. The number of non-ortho nitro benzene ring substituents is 1. The van der Waals surface area contributed by atoms with E-state index in [-0.39, 0.29) is 18.0 Å². The van der Waals surface area contributed by atoms with E-state index >= 15 is 0 Å². The second kappa shape index (κ2) is 8.79. The van der Waals surface area contributed by atoms with E-state index in [1.54, 1.807) is 0 Å². The third-order valence-electron chi connectivity index (χ3n) is 3.68. The van der Waals surface area contributed by atoms with Gasteiger partial charge in [0.2, 0.25) is 5.91 Å². The Morgan fingerprint density at radius 1 is 1.24 bits per heavy atom. The average Bonchev–Trinajstić information content (AvgIpc) is 2.60. The number of benzene rings is 2. The zero-order valence-electron chi connectivity index (χ0n) is 14.3. The highest BCUT2D eigenvalue weighted by molar-refractivity contribution is 5.92. The fourth-order valence-corrected chi connectivity index (χ4v) is 2.39. The number of hydrogen-bond acceptors (Lipinski definition) is 5. The van der Waals surface area contributed by atoms with Gasteiger partial charge >= 0.3 is 0 Å². The number of carbonyl (C=O) groups is 1. The molecule has 0 saturated heterocycles. The Bertz CT molecular complexity index is 734. The number of hydrogen-bond donors (Lipinski definition) is 1. The molecule has 0 aromatic heterocycles. The highest BCUT2D eigenvalue weighted by Crippen LogP contribution is 2.28. The van der Waals surface area contributed by atoms with Gasteiger partial charge in [-0.1, -0.05) is 30.3 Å². The van der Waals surface area contributed by atoms with Gasteiger partial charge < -0.3 is 15.0 Å². The highest BCUT2D eigenvalue weighted by Gasteiger charge is 2.14. The number of carbonyl (C=O) groups excluding carboxylic acids is 1. The molecule has 0 atom stereocenters. The van der Waals surface area contributed by atoms with Crippen molar-refractivity contribution in [1.29, 1.82) is 0 Å². The summed E-state index contributed by atoms with van der Waals surface area (Å²) in [5.74, 6) is 0.162. The van der Waals surface area contributed by atoms with Crippen molar-refractivity contribution in [1.82, 2.24) is 4.90 Å². The number of nitrogens with one attached hydrogen (secondary N) is 1. The molecule has 2 rings (SSSR count). The molecule has 0 bridgehead atoms. The van der Waals surface area contributed by atoms with E-state index in [9.17, 15) is 14.9 Å². The predicted octanol–water partition coefficient (Wildman–Crippen LogP) is 3.06. The van der Waals surface area contributed by atoms with Crippen molar-refractivity contribution in [3.05, 3.63) is 64.2 Å². The maximum absolute atomic E-state index is 12.2. The quantitative estimate of drug-likeness (QED) is 0.588. The molecule has 0 heterocycles. The number of nitrogens with zero attached hydrogens (tertiary/aromatic N) is 2. The van der Waals surface area contributed by atoms with Crippen LogP contribution in [0.25, 0.3) is 0 Å². The van der Waals surface area contributed by atoms with E-state index in [1.165, 1.54) is 30.9 Å². The van der Waals surface area contributed by atoms with E-state index in [0.29, 0.717) is 18.0 Å². The summed E-state index contributed by atoms with van der Waals surface area (Å²) in [6.07, 6.45) is 0.273. The van der Waals surface area contributed by atoms with Crippen LogP contribution in [-0.4, -0.2) is 36.4 Å². The summed E-state index contributed by atoms with van der Waals surface area (Å²) in [4.78, 5) is 24.6. The lowest BCUT2D eigenvalue weighted by atomic mass is 10.2. The maximum atomic E-state index is 12.2. The van der Waals surface area contributed by atoms with Crippen LogP contribution in [0.1, 0.15) is 12.0 Å². The van der Waals surface area contributed by atoms with Gasteiger partial charge in [0.25, 0.3) is 5.69 Å². The van der Waals surface area contributed by atoms with E-state index in [2.05, 4.69) is 5.32 Å². The Balaban J connectivity index is 1.91. The zero-order valence-corrected chi connectivity index (χ0v) is 14.3. The molecule has 0 fully saturated rings. The van der Waals surface area contributed by atoms with Crippen LogP contribution in [0.15, 0.2) is 48.5 Å². The van der Waals surface area contributed by atoms with Crippen LogP contribution in [-0.2, 0) is 11.3 Å². The smallest absolute Gasteiger partial charge is 0.271 e. The molecule has 7 heteroatoms. The minimum Gasteiger partial charge on any atom is -0.495 e. The molecule has 7 nitrogen and oxygen atoms in total. The third kappa shape index (κ3) is 5.58. The van der Waals surface area contributed by atoms with Gasteiger partial charge in [-0.05, 0) is 18.7 Å². The van der Waals surface area contributed by atoms with Crippen LogP contribution in [0.2, 0.25) is 0 Å². The van der Waals surface area contributed by atoms with E-state index < -0.39 is 4.92 Å². The van der Waals surface area contributed by atoms with Crippen LogP contribution in [0.3, 0.4) is 0 Å². The van der Waals surface area contributed by atoms with Gasteiger partial charge in [-0.3, -0.25) is 14.9 Å². The number of amides is 1. The van der Waals surface area contributed by atoms with Crippen LogP contribution < -0.4 is 10.1 Å². The third-order valence-corrected chi connectivity index (χ3v) is 3.68. The maximum Gasteiger partial charge on any atom is 0.271 e. The van der Waals surface area contributed by atoms with Gasteiger partial charge in [0.15, 0.2) is 0 Å². The first-order chi connectivity index (χ1) is 12.0. The molecular weight excluding hydrogens is 322 g/mol. The van der Waals surface area contributed by atoms with Crippen molar-refractivity contribution in [3.8, 4) is 5.75 Å². The fourth-order valence-electron chi connectivity index (χ4n) is 2.39. The van der Waals surface area contributed by atoms with Crippen molar-refractivity contribution >= 4 is 17.3 Å². The minimum atomic E-state index is -0.511. The molecule has 0 saturated carbocycles. The summed E-state index contributed by atoms with van der Waals surface area (Å²) in [7, 11) is 3.39. The first-order valence-corrected chi connectivity index (χ1v) is 7.84. The van der Waals surface area contributed by atoms with Crippen molar-refractivity contribution in [2.24, 2.45) is 0 Å².